The van der Waals surface area contributed by atoms with Gasteiger partial charge in [-0.15, -0.1) is 0 Å². The predicted molar refractivity (Wildman–Crippen MR) is 48.5 cm³/mol. The summed E-state index contributed by atoms with van der Waals surface area (Å²) in [7, 11) is 0. The molecule has 0 aliphatic rings. The Balaban J connectivity index is 3.35. The number of alkyl halides is 3. The molecular weight excluding hydrogens is 301 g/mol. The van der Waals surface area contributed by atoms with Crippen molar-refractivity contribution < 1.29 is 17.6 Å². The van der Waals surface area contributed by atoms with Crippen LogP contribution in [-0.2, 0) is 6.18 Å². The van der Waals surface area contributed by atoms with E-state index in [1.807, 2.05) is 0 Å². The van der Waals surface area contributed by atoms with Crippen LogP contribution >= 0.6 is 22.6 Å². The lowest BCUT2D eigenvalue weighted by Gasteiger charge is -2.10. The first-order chi connectivity index (χ1) is 5.84. The van der Waals surface area contributed by atoms with Crippen LogP contribution in [-0.4, -0.2) is 0 Å². The minimum atomic E-state index is -4.54. The predicted octanol–water partition coefficient (Wildman–Crippen LogP) is 3.03. The van der Waals surface area contributed by atoms with Crippen molar-refractivity contribution in [1.82, 2.24) is 0 Å². The van der Waals surface area contributed by atoms with E-state index in [9.17, 15) is 17.6 Å². The highest BCUT2D eigenvalue weighted by Crippen LogP contribution is 2.35. The van der Waals surface area contributed by atoms with Crippen molar-refractivity contribution in [2.24, 2.45) is 0 Å². The molecule has 1 nitrogen and oxygen atoms in total. The van der Waals surface area contributed by atoms with E-state index in [1.165, 1.54) is 22.6 Å². The van der Waals surface area contributed by atoms with Crippen molar-refractivity contribution in [3.8, 4) is 0 Å². The van der Waals surface area contributed by atoms with Crippen LogP contribution in [0.5, 0.6) is 0 Å². The van der Waals surface area contributed by atoms with Gasteiger partial charge in [0.2, 0.25) is 0 Å². The normalized spacial score (nSPS) is 11.8. The molecule has 1 aromatic rings. The molecule has 0 bridgehead atoms. The van der Waals surface area contributed by atoms with Gasteiger partial charge < -0.3 is 5.73 Å². The SMILES string of the molecule is Nc1ccc(C(F)(F)F)c(I)c1F. The van der Waals surface area contributed by atoms with E-state index in [4.69, 9.17) is 5.73 Å². The Morgan fingerprint density at radius 1 is 1.23 bits per heavy atom. The zero-order chi connectivity index (χ0) is 10.2. The fourth-order valence-electron chi connectivity index (χ4n) is 0.783. The van der Waals surface area contributed by atoms with Crippen molar-refractivity contribution in [1.29, 1.82) is 0 Å². The summed E-state index contributed by atoms with van der Waals surface area (Å²) in [5.74, 6) is -1.02. The molecule has 1 aromatic carbocycles. The molecule has 0 heterocycles. The monoisotopic (exact) mass is 305 g/mol. The third-order valence-corrected chi connectivity index (χ3v) is 2.47. The Morgan fingerprint density at radius 3 is 2.23 bits per heavy atom. The first-order valence-corrected chi connectivity index (χ1v) is 4.22. The smallest absolute Gasteiger partial charge is 0.396 e. The van der Waals surface area contributed by atoms with Gasteiger partial charge in [0.1, 0.15) is 0 Å². The second-order valence-corrected chi connectivity index (χ2v) is 3.41. The molecule has 0 amide bonds. The number of anilines is 1. The molecule has 0 atom stereocenters. The van der Waals surface area contributed by atoms with Gasteiger partial charge in [0.05, 0.1) is 14.8 Å². The zero-order valence-electron chi connectivity index (χ0n) is 6.12. The van der Waals surface area contributed by atoms with Crippen LogP contribution in [0.15, 0.2) is 12.1 Å². The van der Waals surface area contributed by atoms with Gasteiger partial charge in [-0.05, 0) is 34.7 Å². The first kappa shape index (κ1) is 10.6. The molecule has 0 aliphatic carbocycles. The summed E-state index contributed by atoms with van der Waals surface area (Å²) in [6.07, 6.45) is -4.54. The minimum absolute atomic E-state index is 0.280. The maximum absolute atomic E-state index is 12.9. The van der Waals surface area contributed by atoms with E-state index < -0.39 is 21.1 Å². The summed E-state index contributed by atoms with van der Waals surface area (Å²) in [6, 6.07) is 1.67. The Labute approximate surface area is 85.1 Å². The Kier molecular flexibility index (Phi) is 2.69. The summed E-state index contributed by atoms with van der Waals surface area (Å²) in [4.78, 5) is 0. The van der Waals surface area contributed by atoms with Crippen molar-refractivity contribution >= 4 is 28.3 Å². The zero-order valence-corrected chi connectivity index (χ0v) is 8.28. The molecule has 0 aromatic heterocycles. The summed E-state index contributed by atoms with van der Waals surface area (Å²) >= 11 is 1.28. The topological polar surface area (TPSA) is 26.0 Å². The maximum Gasteiger partial charge on any atom is 0.417 e. The summed E-state index contributed by atoms with van der Waals surface area (Å²) < 4.78 is 48.8. The Morgan fingerprint density at radius 2 is 1.77 bits per heavy atom. The molecule has 13 heavy (non-hydrogen) atoms. The molecule has 6 heteroatoms. The summed E-state index contributed by atoms with van der Waals surface area (Å²) in [5, 5.41) is 0. The molecule has 1 rings (SSSR count). The van der Waals surface area contributed by atoms with Crippen LogP contribution in [0, 0.1) is 9.39 Å². The van der Waals surface area contributed by atoms with Gasteiger partial charge in [0, 0.05) is 0 Å². The lowest BCUT2D eigenvalue weighted by Crippen LogP contribution is -2.09. The highest BCUT2D eigenvalue weighted by molar-refractivity contribution is 14.1. The van der Waals surface area contributed by atoms with Gasteiger partial charge in [0.15, 0.2) is 5.82 Å². The third-order valence-electron chi connectivity index (χ3n) is 1.42. The number of hydrogen-bond acceptors (Lipinski definition) is 1. The van der Waals surface area contributed by atoms with Gasteiger partial charge in [-0.2, -0.15) is 13.2 Å². The Hall–Kier alpha value is -0.530. The van der Waals surface area contributed by atoms with Gasteiger partial charge in [0.25, 0.3) is 0 Å². The van der Waals surface area contributed by atoms with Gasteiger partial charge in [-0.1, -0.05) is 0 Å². The number of halogens is 5. The van der Waals surface area contributed by atoms with Gasteiger partial charge in [-0.25, -0.2) is 4.39 Å². The summed E-state index contributed by atoms with van der Waals surface area (Å²) in [5.41, 5.74) is 3.81. The molecule has 0 radical (unpaired) electrons. The number of nitrogens with two attached hydrogens (primary N) is 1. The molecule has 0 spiro atoms. The van der Waals surface area contributed by atoms with Crippen LogP contribution in [0.2, 0.25) is 0 Å². The van der Waals surface area contributed by atoms with E-state index in [0.717, 1.165) is 12.1 Å². The van der Waals surface area contributed by atoms with Crippen molar-refractivity contribution in [3.63, 3.8) is 0 Å². The second-order valence-electron chi connectivity index (χ2n) is 2.33. The molecule has 0 aliphatic heterocycles. The van der Waals surface area contributed by atoms with Crippen LogP contribution in [0.25, 0.3) is 0 Å². The standard InChI is InChI=1S/C7H4F4IN/c8-5-4(13)2-1-3(6(5)12)7(9,10)11/h1-2H,13H2. The number of nitrogen functional groups attached to an aromatic ring is 1. The fourth-order valence-corrected chi connectivity index (χ4v) is 1.58. The highest BCUT2D eigenvalue weighted by atomic mass is 127. The van der Waals surface area contributed by atoms with Crippen LogP contribution in [0.3, 0.4) is 0 Å². The van der Waals surface area contributed by atoms with Crippen molar-refractivity contribution in [2.75, 3.05) is 5.73 Å². The third kappa shape index (κ3) is 2.04. The molecule has 0 saturated carbocycles. The van der Waals surface area contributed by atoms with Gasteiger partial charge >= 0.3 is 6.18 Å². The van der Waals surface area contributed by atoms with Crippen LogP contribution < -0.4 is 5.73 Å². The lowest BCUT2D eigenvalue weighted by atomic mass is 10.2. The fraction of sp³-hybridized carbons (Fsp3) is 0.143. The molecular formula is C7H4F4IN. The van der Waals surface area contributed by atoms with E-state index in [0.29, 0.717) is 0 Å². The Bertz CT molecular complexity index is 334. The van der Waals surface area contributed by atoms with Gasteiger partial charge in [-0.3, -0.25) is 0 Å². The largest absolute Gasteiger partial charge is 0.417 e. The molecule has 72 valence electrons. The average Bonchev–Trinajstić information content (AvgIpc) is 1.98. The highest BCUT2D eigenvalue weighted by Gasteiger charge is 2.34. The molecule has 0 unspecified atom stereocenters. The van der Waals surface area contributed by atoms with Crippen molar-refractivity contribution in [3.05, 3.63) is 27.1 Å². The number of rotatable bonds is 0. The first-order valence-electron chi connectivity index (χ1n) is 3.14. The van der Waals surface area contributed by atoms with E-state index in [-0.39, 0.29) is 5.69 Å². The van der Waals surface area contributed by atoms with Crippen LogP contribution in [0.4, 0.5) is 23.2 Å². The molecule has 0 fully saturated rings. The summed E-state index contributed by atoms with van der Waals surface area (Å²) in [6.45, 7) is 0. The van der Waals surface area contributed by atoms with E-state index in [1.54, 1.807) is 0 Å². The quantitative estimate of drug-likeness (QED) is 0.445. The second kappa shape index (κ2) is 3.32. The van der Waals surface area contributed by atoms with Crippen molar-refractivity contribution in [2.45, 2.75) is 6.18 Å². The maximum atomic E-state index is 12.9. The number of benzene rings is 1. The lowest BCUT2D eigenvalue weighted by molar-refractivity contribution is -0.138. The average molecular weight is 305 g/mol. The molecule has 0 saturated heterocycles. The van der Waals surface area contributed by atoms with E-state index >= 15 is 0 Å². The minimum Gasteiger partial charge on any atom is -0.396 e. The van der Waals surface area contributed by atoms with E-state index in [2.05, 4.69) is 0 Å². The number of hydrogen-bond donors (Lipinski definition) is 1. The molecule has 2 N–H and O–H groups in total. The van der Waals surface area contributed by atoms with Crippen LogP contribution in [0.1, 0.15) is 5.56 Å².